The van der Waals surface area contributed by atoms with E-state index < -0.39 is 17.6 Å². The Kier molecular flexibility index (Phi) is 4.55. The van der Waals surface area contributed by atoms with Crippen molar-refractivity contribution in [2.75, 3.05) is 17.6 Å². The number of nitrogens with one attached hydrogen (secondary N) is 1. The molecule has 0 aliphatic heterocycles. The molecule has 19 heavy (non-hydrogen) atoms. The Morgan fingerprint density at radius 1 is 1.53 bits per heavy atom. The van der Waals surface area contributed by atoms with Gasteiger partial charge in [-0.3, -0.25) is 4.79 Å². The predicted octanol–water partition coefficient (Wildman–Crippen LogP) is 0.0992. The zero-order valence-electron chi connectivity index (χ0n) is 11.3. The lowest BCUT2D eigenvalue weighted by molar-refractivity contribution is -0.125. The molecule has 1 unspecified atom stereocenters. The highest BCUT2D eigenvalue weighted by Gasteiger charge is 2.16. The first-order chi connectivity index (χ1) is 8.69. The van der Waals surface area contributed by atoms with Crippen LogP contribution >= 0.6 is 0 Å². The van der Waals surface area contributed by atoms with Crippen LogP contribution in [0.3, 0.4) is 0 Å². The number of rotatable bonds is 5. The molecule has 7 heteroatoms. The molecule has 1 amide bonds. The van der Waals surface area contributed by atoms with Crippen molar-refractivity contribution in [2.45, 2.75) is 32.5 Å². The Morgan fingerprint density at radius 2 is 2.16 bits per heavy atom. The van der Waals surface area contributed by atoms with E-state index in [2.05, 4.69) is 10.3 Å². The number of hydrogen-bond acceptors (Lipinski definition) is 6. The molecule has 0 aromatic carbocycles. The van der Waals surface area contributed by atoms with Gasteiger partial charge in [-0.05, 0) is 32.9 Å². The third-order valence-corrected chi connectivity index (χ3v) is 2.10. The number of ether oxygens (including phenoxy) is 1. The second-order valence-corrected chi connectivity index (χ2v) is 5.10. The lowest BCUT2D eigenvalue weighted by Gasteiger charge is -2.21. The topological polar surface area (TPSA) is 123 Å². The summed E-state index contributed by atoms with van der Waals surface area (Å²) in [6.07, 6.45) is -1.27. The summed E-state index contributed by atoms with van der Waals surface area (Å²) < 4.78 is 5.60. The summed E-state index contributed by atoms with van der Waals surface area (Å²) in [5, 5.41) is 12.1. The SMILES string of the molecule is CC(C)(C)Oc1nc(NCC(O)C(N)=O)ccc1N. The summed E-state index contributed by atoms with van der Waals surface area (Å²) in [7, 11) is 0. The van der Waals surface area contributed by atoms with E-state index in [-0.39, 0.29) is 6.54 Å². The Morgan fingerprint density at radius 3 is 2.68 bits per heavy atom. The molecule has 0 saturated carbocycles. The molecule has 0 bridgehead atoms. The molecule has 1 rings (SSSR count). The van der Waals surface area contributed by atoms with E-state index in [4.69, 9.17) is 16.2 Å². The van der Waals surface area contributed by atoms with Crippen LogP contribution in [0.15, 0.2) is 12.1 Å². The summed E-state index contributed by atoms with van der Waals surface area (Å²) in [4.78, 5) is 14.9. The van der Waals surface area contributed by atoms with E-state index in [0.717, 1.165) is 0 Å². The van der Waals surface area contributed by atoms with Gasteiger partial charge in [0.1, 0.15) is 17.5 Å². The van der Waals surface area contributed by atoms with E-state index in [1.165, 1.54) is 0 Å². The van der Waals surface area contributed by atoms with Crippen LogP contribution in [0, 0.1) is 0 Å². The number of carbonyl (C=O) groups is 1. The average molecular weight is 268 g/mol. The maximum absolute atomic E-state index is 10.7. The van der Waals surface area contributed by atoms with Gasteiger partial charge in [-0.15, -0.1) is 0 Å². The largest absolute Gasteiger partial charge is 0.470 e. The van der Waals surface area contributed by atoms with Crippen molar-refractivity contribution in [1.29, 1.82) is 0 Å². The molecule has 0 radical (unpaired) electrons. The second-order valence-electron chi connectivity index (χ2n) is 5.10. The maximum atomic E-state index is 10.7. The number of anilines is 2. The van der Waals surface area contributed by atoms with Crippen LogP contribution in [-0.4, -0.2) is 34.2 Å². The highest BCUT2D eigenvalue weighted by atomic mass is 16.5. The quantitative estimate of drug-likeness (QED) is 0.600. The van der Waals surface area contributed by atoms with Crippen molar-refractivity contribution in [1.82, 2.24) is 4.98 Å². The van der Waals surface area contributed by atoms with Gasteiger partial charge >= 0.3 is 0 Å². The fourth-order valence-electron chi connectivity index (χ4n) is 1.22. The number of hydrogen-bond donors (Lipinski definition) is 4. The van der Waals surface area contributed by atoms with Crippen molar-refractivity contribution in [3.8, 4) is 5.88 Å². The molecule has 7 nitrogen and oxygen atoms in total. The van der Waals surface area contributed by atoms with E-state index in [1.807, 2.05) is 20.8 Å². The Hall–Kier alpha value is -2.02. The summed E-state index contributed by atoms with van der Waals surface area (Å²) in [6, 6.07) is 3.26. The molecule has 0 fully saturated rings. The van der Waals surface area contributed by atoms with E-state index >= 15 is 0 Å². The van der Waals surface area contributed by atoms with Gasteiger partial charge in [0.05, 0.1) is 12.2 Å². The van der Waals surface area contributed by atoms with Gasteiger partial charge in [0.25, 0.3) is 0 Å². The highest BCUT2D eigenvalue weighted by Crippen LogP contribution is 2.24. The molecule has 106 valence electrons. The molecule has 1 aromatic heterocycles. The number of carbonyl (C=O) groups excluding carboxylic acids is 1. The smallest absolute Gasteiger partial charge is 0.248 e. The molecule has 1 heterocycles. The number of aliphatic hydroxyl groups is 1. The number of primary amides is 1. The fourth-order valence-corrected chi connectivity index (χ4v) is 1.22. The third kappa shape index (κ3) is 5.01. The summed E-state index contributed by atoms with van der Waals surface area (Å²) in [6.45, 7) is 5.61. The molecule has 0 spiro atoms. The van der Waals surface area contributed by atoms with Crippen LogP contribution in [0.25, 0.3) is 0 Å². The zero-order valence-corrected chi connectivity index (χ0v) is 11.3. The van der Waals surface area contributed by atoms with Gasteiger partial charge in [0.2, 0.25) is 11.8 Å². The van der Waals surface area contributed by atoms with Gasteiger partial charge in [-0.25, -0.2) is 0 Å². The van der Waals surface area contributed by atoms with Crippen LogP contribution in [0.5, 0.6) is 5.88 Å². The van der Waals surface area contributed by atoms with E-state index in [0.29, 0.717) is 17.4 Å². The summed E-state index contributed by atoms with van der Waals surface area (Å²) in [5.41, 5.74) is 10.7. The lowest BCUT2D eigenvalue weighted by Crippen LogP contribution is -2.34. The minimum atomic E-state index is -1.27. The van der Waals surface area contributed by atoms with Crippen LogP contribution in [0.4, 0.5) is 11.5 Å². The second kappa shape index (κ2) is 5.75. The first-order valence-corrected chi connectivity index (χ1v) is 5.86. The number of nitrogens with two attached hydrogens (primary N) is 2. The third-order valence-electron chi connectivity index (χ3n) is 2.10. The van der Waals surface area contributed by atoms with Crippen molar-refractivity contribution < 1.29 is 14.6 Å². The average Bonchev–Trinajstić information content (AvgIpc) is 2.27. The monoisotopic (exact) mass is 268 g/mol. The number of nitrogens with zero attached hydrogens (tertiary/aromatic N) is 1. The molecular formula is C12H20N4O3. The molecular weight excluding hydrogens is 248 g/mol. The number of aliphatic hydroxyl groups excluding tert-OH is 1. The molecule has 1 atom stereocenters. The van der Waals surface area contributed by atoms with Gasteiger partial charge in [-0.2, -0.15) is 4.98 Å². The number of nitrogen functional groups attached to an aromatic ring is 1. The van der Waals surface area contributed by atoms with E-state index in [1.54, 1.807) is 12.1 Å². The number of aromatic nitrogens is 1. The van der Waals surface area contributed by atoms with Crippen molar-refractivity contribution in [3.63, 3.8) is 0 Å². The Balaban J connectivity index is 2.76. The summed E-state index contributed by atoms with van der Waals surface area (Å²) >= 11 is 0. The minimum Gasteiger partial charge on any atom is -0.470 e. The van der Waals surface area contributed by atoms with Crippen LogP contribution < -0.4 is 21.5 Å². The Bertz CT molecular complexity index is 457. The van der Waals surface area contributed by atoms with Gasteiger partial charge in [0, 0.05) is 0 Å². The molecule has 1 aromatic rings. The Labute approximate surface area is 112 Å². The number of amides is 1. The molecule has 0 aliphatic carbocycles. The zero-order chi connectivity index (χ0) is 14.6. The van der Waals surface area contributed by atoms with Gasteiger partial charge < -0.3 is 26.6 Å². The van der Waals surface area contributed by atoms with E-state index in [9.17, 15) is 9.90 Å². The van der Waals surface area contributed by atoms with Crippen LogP contribution in [0.2, 0.25) is 0 Å². The summed E-state index contributed by atoms with van der Waals surface area (Å²) in [5.74, 6) is -0.0612. The highest BCUT2D eigenvalue weighted by molar-refractivity contribution is 5.79. The van der Waals surface area contributed by atoms with Crippen molar-refractivity contribution in [3.05, 3.63) is 12.1 Å². The normalized spacial score (nSPS) is 12.8. The standard InChI is InChI=1S/C12H20N4O3/c1-12(2,3)19-11-7(13)4-5-9(16-11)15-6-8(17)10(14)18/h4-5,8,17H,6,13H2,1-3H3,(H2,14,18)(H,15,16). The van der Waals surface area contributed by atoms with Crippen LogP contribution in [-0.2, 0) is 4.79 Å². The fraction of sp³-hybridized carbons (Fsp3) is 0.500. The van der Waals surface area contributed by atoms with Crippen molar-refractivity contribution in [2.24, 2.45) is 5.73 Å². The molecule has 0 saturated heterocycles. The number of pyridine rings is 1. The first kappa shape index (κ1) is 15.0. The minimum absolute atomic E-state index is 0.0266. The van der Waals surface area contributed by atoms with Gasteiger partial charge in [0.15, 0.2) is 0 Å². The molecule has 6 N–H and O–H groups in total. The van der Waals surface area contributed by atoms with Crippen molar-refractivity contribution >= 4 is 17.4 Å². The van der Waals surface area contributed by atoms with Gasteiger partial charge in [-0.1, -0.05) is 0 Å². The first-order valence-electron chi connectivity index (χ1n) is 5.86. The van der Waals surface area contributed by atoms with Crippen LogP contribution in [0.1, 0.15) is 20.8 Å². The lowest BCUT2D eigenvalue weighted by atomic mass is 10.2. The maximum Gasteiger partial charge on any atom is 0.248 e. The molecule has 0 aliphatic rings. The predicted molar refractivity (Wildman–Crippen MR) is 72.7 cm³/mol.